The zero-order valence-corrected chi connectivity index (χ0v) is 10.6. The van der Waals surface area contributed by atoms with Gasteiger partial charge in [-0.1, -0.05) is 0 Å². The fourth-order valence-electron chi connectivity index (χ4n) is 1.36. The lowest BCUT2D eigenvalue weighted by atomic mass is 10.2. The fourth-order valence-corrected chi connectivity index (χ4v) is 1.36. The van der Waals surface area contributed by atoms with Crippen LogP contribution in [0.4, 0.5) is 4.79 Å². The van der Waals surface area contributed by atoms with Gasteiger partial charge < -0.3 is 24.1 Å². The maximum absolute atomic E-state index is 11.3. The molecule has 1 rings (SSSR count). The summed E-state index contributed by atoms with van der Waals surface area (Å²) in [4.78, 5) is 11.3. The van der Waals surface area contributed by atoms with Crippen molar-refractivity contribution < 1.29 is 28.8 Å². The summed E-state index contributed by atoms with van der Waals surface area (Å²) in [6.45, 7) is 1.70. The summed E-state index contributed by atoms with van der Waals surface area (Å²) < 4.78 is 19.9. The second kappa shape index (κ2) is 6.70. The van der Waals surface area contributed by atoms with Crippen molar-refractivity contribution in [2.75, 3.05) is 20.8 Å². The number of methoxy groups -OCH3 is 2. The van der Waals surface area contributed by atoms with E-state index in [1.807, 2.05) is 0 Å². The molecule has 0 saturated heterocycles. The average molecular weight is 256 g/mol. The molecular formula is C12H16O6. The van der Waals surface area contributed by atoms with Crippen molar-refractivity contribution in [3.8, 4) is 17.2 Å². The highest BCUT2D eigenvalue weighted by atomic mass is 16.7. The number of aliphatic hydroxyl groups excluding tert-OH is 1. The van der Waals surface area contributed by atoms with Gasteiger partial charge in [-0.2, -0.15) is 0 Å². The van der Waals surface area contributed by atoms with E-state index in [1.165, 1.54) is 14.2 Å². The first-order valence-electron chi connectivity index (χ1n) is 5.36. The monoisotopic (exact) mass is 256 g/mol. The van der Waals surface area contributed by atoms with Gasteiger partial charge in [-0.05, 0) is 24.6 Å². The molecule has 1 aromatic rings. The molecule has 100 valence electrons. The molecule has 0 atom stereocenters. The van der Waals surface area contributed by atoms with E-state index in [9.17, 15) is 4.79 Å². The molecule has 1 aromatic carbocycles. The van der Waals surface area contributed by atoms with Gasteiger partial charge >= 0.3 is 6.16 Å². The summed E-state index contributed by atoms with van der Waals surface area (Å²) in [6, 6.07) is 3.11. The van der Waals surface area contributed by atoms with Crippen molar-refractivity contribution in [1.29, 1.82) is 0 Å². The minimum Gasteiger partial charge on any atom is -0.493 e. The molecular weight excluding hydrogens is 240 g/mol. The Hall–Kier alpha value is -1.95. The van der Waals surface area contributed by atoms with Crippen LogP contribution in [0.2, 0.25) is 0 Å². The molecule has 0 aliphatic carbocycles. The van der Waals surface area contributed by atoms with Crippen molar-refractivity contribution in [2.45, 2.75) is 13.5 Å². The van der Waals surface area contributed by atoms with Gasteiger partial charge in [0.25, 0.3) is 0 Å². The average Bonchev–Trinajstić information content (AvgIpc) is 2.39. The topological polar surface area (TPSA) is 74.2 Å². The Labute approximate surface area is 105 Å². The molecule has 0 radical (unpaired) electrons. The SMILES string of the molecule is CCOC(=O)Oc1c(OC)cc(CO)cc1OC. The number of hydrogen-bond donors (Lipinski definition) is 1. The first-order chi connectivity index (χ1) is 8.65. The lowest BCUT2D eigenvalue weighted by Crippen LogP contribution is -2.11. The van der Waals surface area contributed by atoms with Crippen LogP contribution in [0, 0.1) is 0 Å². The zero-order chi connectivity index (χ0) is 13.5. The lowest BCUT2D eigenvalue weighted by molar-refractivity contribution is 0.102. The maximum Gasteiger partial charge on any atom is 0.514 e. The van der Waals surface area contributed by atoms with Crippen molar-refractivity contribution in [1.82, 2.24) is 0 Å². The van der Waals surface area contributed by atoms with Crippen molar-refractivity contribution in [2.24, 2.45) is 0 Å². The maximum atomic E-state index is 11.3. The highest BCUT2D eigenvalue weighted by Crippen LogP contribution is 2.38. The number of ether oxygens (including phenoxy) is 4. The molecule has 1 N–H and O–H groups in total. The van der Waals surface area contributed by atoms with Gasteiger partial charge in [0.05, 0.1) is 27.4 Å². The van der Waals surface area contributed by atoms with E-state index in [1.54, 1.807) is 19.1 Å². The van der Waals surface area contributed by atoms with Crippen molar-refractivity contribution in [3.63, 3.8) is 0 Å². The van der Waals surface area contributed by atoms with E-state index in [2.05, 4.69) is 4.74 Å². The summed E-state index contributed by atoms with van der Waals surface area (Å²) in [5.41, 5.74) is 0.583. The molecule has 0 bridgehead atoms. The van der Waals surface area contributed by atoms with Gasteiger partial charge in [0.1, 0.15) is 0 Å². The third kappa shape index (κ3) is 3.27. The number of benzene rings is 1. The molecule has 0 aromatic heterocycles. The Morgan fingerprint density at radius 1 is 1.22 bits per heavy atom. The largest absolute Gasteiger partial charge is 0.514 e. The molecule has 0 heterocycles. The van der Waals surface area contributed by atoms with E-state index in [0.29, 0.717) is 5.56 Å². The van der Waals surface area contributed by atoms with Crippen LogP contribution in [-0.2, 0) is 11.3 Å². The lowest BCUT2D eigenvalue weighted by Gasteiger charge is -2.14. The molecule has 6 nitrogen and oxygen atoms in total. The van der Waals surface area contributed by atoms with Crippen LogP contribution in [-0.4, -0.2) is 32.1 Å². The number of carbonyl (C=O) groups excluding carboxylic acids is 1. The van der Waals surface area contributed by atoms with Crippen LogP contribution in [0.15, 0.2) is 12.1 Å². The van der Waals surface area contributed by atoms with Crippen LogP contribution < -0.4 is 14.2 Å². The summed E-state index contributed by atoms with van der Waals surface area (Å²) >= 11 is 0. The highest BCUT2D eigenvalue weighted by molar-refractivity contribution is 5.68. The normalized spacial score (nSPS) is 9.78. The van der Waals surface area contributed by atoms with Gasteiger partial charge in [0, 0.05) is 0 Å². The van der Waals surface area contributed by atoms with Crippen LogP contribution in [0.1, 0.15) is 12.5 Å². The smallest absolute Gasteiger partial charge is 0.493 e. The molecule has 0 fully saturated rings. The first kappa shape index (κ1) is 14.1. The Morgan fingerprint density at radius 2 is 1.78 bits per heavy atom. The number of aliphatic hydroxyl groups is 1. The molecule has 0 aliphatic rings. The summed E-state index contributed by atoms with van der Waals surface area (Å²) in [5.74, 6) is 0.688. The van der Waals surface area contributed by atoms with E-state index in [4.69, 9.17) is 19.3 Å². The Kier molecular flexibility index (Phi) is 5.26. The number of hydrogen-bond acceptors (Lipinski definition) is 6. The molecule has 0 aliphatic heterocycles. The van der Waals surface area contributed by atoms with Crippen molar-refractivity contribution in [3.05, 3.63) is 17.7 Å². The minimum absolute atomic E-state index is 0.121. The molecule has 18 heavy (non-hydrogen) atoms. The third-order valence-corrected chi connectivity index (χ3v) is 2.15. The summed E-state index contributed by atoms with van der Waals surface area (Å²) in [6.07, 6.45) is -0.842. The van der Waals surface area contributed by atoms with E-state index >= 15 is 0 Å². The standard InChI is InChI=1S/C12H16O6/c1-4-17-12(14)18-11-9(15-2)5-8(7-13)6-10(11)16-3/h5-6,13H,4,7H2,1-3H3. The van der Waals surface area contributed by atoms with Gasteiger partial charge in [-0.25, -0.2) is 4.79 Å². The number of rotatable bonds is 5. The van der Waals surface area contributed by atoms with Crippen molar-refractivity contribution >= 4 is 6.16 Å². The molecule has 0 unspecified atom stereocenters. The Morgan fingerprint density at radius 3 is 2.17 bits per heavy atom. The third-order valence-electron chi connectivity index (χ3n) is 2.15. The van der Waals surface area contributed by atoms with Crippen LogP contribution in [0.5, 0.6) is 17.2 Å². The fraction of sp³-hybridized carbons (Fsp3) is 0.417. The van der Waals surface area contributed by atoms with Crippen LogP contribution in [0.3, 0.4) is 0 Å². The van der Waals surface area contributed by atoms with Crippen LogP contribution >= 0.6 is 0 Å². The van der Waals surface area contributed by atoms with Crippen LogP contribution in [0.25, 0.3) is 0 Å². The Bertz CT molecular complexity index is 390. The predicted octanol–water partition coefficient (Wildman–Crippen LogP) is 1.73. The van der Waals surface area contributed by atoms with E-state index < -0.39 is 6.16 Å². The predicted molar refractivity (Wildman–Crippen MR) is 63.1 cm³/mol. The van der Waals surface area contributed by atoms with E-state index in [-0.39, 0.29) is 30.5 Å². The summed E-state index contributed by atoms with van der Waals surface area (Å²) in [7, 11) is 2.85. The van der Waals surface area contributed by atoms with Gasteiger partial charge in [0.2, 0.25) is 5.75 Å². The van der Waals surface area contributed by atoms with Gasteiger partial charge in [-0.3, -0.25) is 0 Å². The summed E-state index contributed by atoms with van der Waals surface area (Å²) in [5, 5.41) is 9.09. The number of carbonyl (C=O) groups is 1. The highest BCUT2D eigenvalue weighted by Gasteiger charge is 2.18. The molecule has 0 amide bonds. The van der Waals surface area contributed by atoms with Gasteiger partial charge in [-0.15, -0.1) is 0 Å². The zero-order valence-electron chi connectivity index (χ0n) is 10.6. The first-order valence-corrected chi connectivity index (χ1v) is 5.36. The second-order valence-electron chi connectivity index (χ2n) is 3.27. The molecule has 0 spiro atoms. The minimum atomic E-state index is -0.842. The quantitative estimate of drug-likeness (QED) is 0.638. The van der Waals surface area contributed by atoms with E-state index in [0.717, 1.165) is 0 Å². The Balaban J connectivity index is 3.10. The molecule has 6 heteroatoms. The molecule has 0 saturated carbocycles. The second-order valence-corrected chi connectivity index (χ2v) is 3.27. The van der Waals surface area contributed by atoms with Gasteiger partial charge in [0.15, 0.2) is 11.5 Å².